The van der Waals surface area contributed by atoms with Crippen molar-refractivity contribution in [1.82, 2.24) is 4.90 Å². The lowest BCUT2D eigenvalue weighted by molar-refractivity contribution is -0.127. The lowest BCUT2D eigenvalue weighted by atomic mass is 9.84. The van der Waals surface area contributed by atoms with E-state index < -0.39 is 0 Å². The van der Waals surface area contributed by atoms with Gasteiger partial charge in [-0.25, -0.2) is 0 Å². The molecule has 1 aromatic carbocycles. The minimum Gasteiger partial charge on any atom is -0.497 e. The molecular weight excluding hydrogens is 238 g/mol. The maximum Gasteiger partial charge on any atom is 0.223 e. The van der Waals surface area contributed by atoms with E-state index in [0.29, 0.717) is 0 Å². The van der Waals surface area contributed by atoms with Gasteiger partial charge in [-0.1, -0.05) is 6.07 Å². The Bertz CT molecular complexity index is 560. The topological polar surface area (TPSA) is 29.5 Å². The summed E-state index contributed by atoms with van der Waals surface area (Å²) in [5, 5.41) is 0. The molecule has 0 bridgehead atoms. The Balaban J connectivity index is 2.07. The molecule has 2 aliphatic rings. The van der Waals surface area contributed by atoms with Crippen molar-refractivity contribution in [2.45, 2.75) is 32.6 Å². The van der Waals surface area contributed by atoms with Crippen LogP contribution in [-0.4, -0.2) is 24.5 Å². The molecule has 0 N–H and O–H groups in total. The van der Waals surface area contributed by atoms with E-state index >= 15 is 0 Å². The number of carbonyl (C=O) groups is 1. The number of methoxy groups -OCH3 is 1. The van der Waals surface area contributed by atoms with Crippen LogP contribution in [0.25, 0.3) is 5.57 Å². The van der Waals surface area contributed by atoms with Crippen LogP contribution < -0.4 is 4.74 Å². The number of allylic oxidation sites excluding steroid dienone is 2. The van der Waals surface area contributed by atoms with Crippen molar-refractivity contribution in [2.24, 2.45) is 0 Å². The number of fused-ring (bicyclic) bond motifs is 2. The molecule has 3 heteroatoms. The standard InChI is InChI=1S/C16H19NO2/c1-11(18)17-9-3-4-15-14-7-6-13(19-2)10-12(14)5-8-16(15)17/h6-7,10H,3-5,8-9H2,1-2H3. The quantitative estimate of drug-likeness (QED) is 0.774. The average Bonchev–Trinajstić information content (AvgIpc) is 2.45. The fourth-order valence-electron chi connectivity index (χ4n) is 3.23. The van der Waals surface area contributed by atoms with Gasteiger partial charge in [0, 0.05) is 19.2 Å². The van der Waals surface area contributed by atoms with E-state index in [1.165, 1.54) is 22.4 Å². The van der Waals surface area contributed by atoms with Crippen LogP contribution in [0, 0.1) is 0 Å². The molecule has 0 spiro atoms. The third-order valence-corrected chi connectivity index (χ3v) is 4.13. The van der Waals surface area contributed by atoms with Crippen LogP contribution in [-0.2, 0) is 11.2 Å². The second-order valence-corrected chi connectivity index (χ2v) is 5.22. The van der Waals surface area contributed by atoms with Crippen LogP contribution >= 0.6 is 0 Å². The van der Waals surface area contributed by atoms with Gasteiger partial charge in [0.1, 0.15) is 5.75 Å². The number of hydrogen-bond acceptors (Lipinski definition) is 2. The lowest BCUT2D eigenvalue weighted by Gasteiger charge is -2.35. The molecular formula is C16H19NO2. The highest BCUT2D eigenvalue weighted by Gasteiger charge is 2.27. The molecule has 0 aromatic heterocycles. The lowest BCUT2D eigenvalue weighted by Crippen LogP contribution is -2.34. The normalized spacial score (nSPS) is 17.9. The summed E-state index contributed by atoms with van der Waals surface area (Å²) >= 11 is 0. The second kappa shape index (κ2) is 4.72. The number of rotatable bonds is 1. The summed E-state index contributed by atoms with van der Waals surface area (Å²) in [5.41, 5.74) is 5.28. The SMILES string of the molecule is COc1ccc2c(c1)CCC1=C2CCCN1C(C)=O. The summed E-state index contributed by atoms with van der Waals surface area (Å²) in [5.74, 6) is 1.09. The van der Waals surface area contributed by atoms with E-state index in [2.05, 4.69) is 12.1 Å². The summed E-state index contributed by atoms with van der Waals surface area (Å²) < 4.78 is 5.30. The van der Waals surface area contributed by atoms with Gasteiger partial charge in [-0.15, -0.1) is 0 Å². The van der Waals surface area contributed by atoms with E-state index in [1.54, 1.807) is 14.0 Å². The predicted molar refractivity (Wildman–Crippen MR) is 74.9 cm³/mol. The van der Waals surface area contributed by atoms with Crippen LogP contribution in [0.3, 0.4) is 0 Å². The van der Waals surface area contributed by atoms with Crippen molar-refractivity contribution < 1.29 is 9.53 Å². The molecule has 0 unspecified atom stereocenters. The molecule has 1 aliphatic carbocycles. The van der Waals surface area contributed by atoms with Crippen LogP contribution in [0.2, 0.25) is 0 Å². The highest BCUT2D eigenvalue weighted by Crippen LogP contribution is 2.39. The number of aryl methyl sites for hydroxylation is 1. The predicted octanol–water partition coefficient (Wildman–Crippen LogP) is 2.99. The number of nitrogens with zero attached hydrogens (tertiary/aromatic N) is 1. The Labute approximate surface area is 113 Å². The Hall–Kier alpha value is -1.77. The Morgan fingerprint density at radius 2 is 2.11 bits per heavy atom. The zero-order chi connectivity index (χ0) is 13.4. The highest BCUT2D eigenvalue weighted by atomic mass is 16.5. The fraction of sp³-hybridized carbons (Fsp3) is 0.438. The average molecular weight is 257 g/mol. The molecule has 1 amide bonds. The smallest absolute Gasteiger partial charge is 0.223 e. The molecule has 1 aromatic rings. The summed E-state index contributed by atoms with van der Waals surface area (Å²) in [6.07, 6.45) is 4.10. The van der Waals surface area contributed by atoms with Gasteiger partial charge in [-0.3, -0.25) is 4.79 Å². The maximum atomic E-state index is 11.7. The zero-order valence-corrected chi connectivity index (χ0v) is 11.5. The Morgan fingerprint density at radius 1 is 1.26 bits per heavy atom. The van der Waals surface area contributed by atoms with Gasteiger partial charge in [0.25, 0.3) is 0 Å². The van der Waals surface area contributed by atoms with E-state index in [0.717, 1.165) is 38.0 Å². The second-order valence-electron chi connectivity index (χ2n) is 5.22. The molecule has 0 fully saturated rings. The van der Waals surface area contributed by atoms with Crippen LogP contribution in [0.1, 0.15) is 37.3 Å². The van der Waals surface area contributed by atoms with Crippen molar-refractivity contribution in [1.29, 1.82) is 0 Å². The van der Waals surface area contributed by atoms with Gasteiger partial charge in [-0.05, 0) is 54.5 Å². The minimum atomic E-state index is 0.171. The molecule has 1 aliphatic heterocycles. The van der Waals surface area contributed by atoms with Crippen molar-refractivity contribution in [3.8, 4) is 5.75 Å². The van der Waals surface area contributed by atoms with E-state index in [-0.39, 0.29) is 5.91 Å². The summed E-state index contributed by atoms with van der Waals surface area (Å²) in [6, 6.07) is 6.29. The monoisotopic (exact) mass is 257 g/mol. The molecule has 1 heterocycles. The van der Waals surface area contributed by atoms with Gasteiger partial charge in [0.05, 0.1) is 7.11 Å². The number of carbonyl (C=O) groups excluding carboxylic acids is 1. The third-order valence-electron chi connectivity index (χ3n) is 4.13. The molecule has 0 atom stereocenters. The Kier molecular flexibility index (Phi) is 3.05. The Morgan fingerprint density at radius 3 is 2.84 bits per heavy atom. The first-order valence-corrected chi connectivity index (χ1v) is 6.88. The van der Waals surface area contributed by atoms with E-state index in [1.807, 2.05) is 11.0 Å². The fourth-order valence-corrected chi connectivity index (χ4v) is 3.23. The number of ether oxygens (including phenoxy) is 1. The van der Waals surface area contributed by atoms with Crippen LogP contribution in [0.5, 0.6) is 5.75 Å². The number of benzene rings is 1. The van der Waals surface area contributed by atoms with E-state index in [4.69, 9.17) is 4.74 Å². The van der Waals surface area contributed by atoms with Gasteiger partial charge in [0.15, 0.2) is 0 Å². The molecule has 0 saturated carbocycles. The van der Waals surface area contributed by atoms with Crippen molar-refractivity contribution in [3.05, 3.63) is 35.0 Å². The molecule has 0 radical (unpaired) electrons. The zero-order valence-electron chi connectivity index (χ0n) is 11.5. The summed E-state index contributed by atoms with van der Waals surface area (Å²) in [6.45, 7) is 2.54. The first-order valence-electron chi connectivity index (χ1n) is 6.88. The van der Waals surface area contributed by atoms with E-state index in [9.17, 15) is 4.79 Å². The van der Waals surface area contributed by atoms with Crippen molar-refractivity contribution in [2.75, 3.05) is 13.7 Å². The maximum absolute atomic E-state index is 11.7. The molecule has 3 rings (SSSR count). The minimum absolute atomic E-state index is 0.171. The van der Waals surface area contributed by atoms with Gasteiger partial charge < -0.3 is 9.64 Å². The molecule has 100 valence electrons. The summed E-state index contributed by atoms with van der Waals surface area (Å²) in [7, 11) is 1.70. The van der Waals surface area contributed by atoms with Crippen molar-refractivity contribution in [3.63, 3.8) is 0 Å². The number of hydrogen-bond donors (Lipinski definition) is 0. The molecule has 3 nitrogen and oxygen atoms in total. The summed E-state index contributed by atoms with van der Waals surface area (Å²) in [4.78, 5) is 13.7. The van der Waals surface area contributed by atoms with Gasteiger partial charge in [-0.2, -0.15) is 0 Å². The largest absolute Gasteiger partial charge is 0.497 e. The highest BCUT2D eigenvalue weighted by molar-refractivity contribution is 5.82. The third kappa shape index (κ3) is 2.03. The first kappa shape index (κ1) is 12.3. The van der Waals surface area contributed by atoms with Crippen LogP contribution in [0.15, 0.2) is 23.9 Å². The van der Waals surface area contributed by atoms with Crippen LogP contribution in [0.4, 0.5) is 0 Å². The van der Waals surface area contributed by atoms with Gasteiger partial charge >= 0.3 is 0 Å². The molecule has 0 saturated heterocycles. The first-order chi connectivity index (χ1) is 9.20. The molecule has 19 heavy (non-hydrogen) atoms. The number of amides is 1. The van der Waals surface area contributed by atoms with Gasteiger partial charge in [0.2, 0.25) is 5.91 Å². The van der Waals surface area contributed by atoms with Crippen molar-refractivity contribution >= 4 is 11.5 Å².